The van der Waals surface area contributed by atoms with Crippen LogP contribution in [0.3, 0.4) is 0 Å². The van der Waals surface area contributed by atoms with Gasteiger partial charge in [-0.15, -0.1) is 0 Å². The minimum atomic E-state index is -0.859. The molecule has 212 valence electrons. The van der Waals surface area contributed by atoms with Crippen LogP contribution in [0.15, 0.2) is 59.0 Å². The fraction of sp³-hybridized carbons (Fsp3) is 0.424. The number of rotatable bonds is 12. The Balaban J connectivity index is 1.32. The summed E-state index contributed by atoms with van der Waals surface area (Å²) in [5, 5.41) is 2.14. The van der Waals surface area contributed by atoms with E-state index in [9.17, 15) is 9.59 Å². The molecular weight excluding hydrogens is 506 g/mol. The maximum Gasteiger partial charge on any atom is 0.320 e. The van der Waals surface area contributed by atoms with Crippen LogP contribution >= 0.6 is 0 Å². The summed E-state index contributed by atoms with van der Waals surface area (Å²) in [4.78, 5) is 29.0. The summed E-state index contributed by atoms with van der Waals surface area (Å²) in [6.07, 6.45) is 2.76. The van der Waals surface area contributed by atoms with Gasteiger partial charge in [0.05, 0.1) is 19.8 Å². The van der Waals surface area contributed by atoms with E-state index in [1.54, 1.807) is 13.8 Å². The van der Waals surface area contributed by atoms with Crippen molar-refractivity contribution in [1.29, 1.82) is 0 Å². The number of carbonyl (C=O) groups is 2. The third-order valence-electron chi connectivity index (χ3n) is 6.86. The lowest BCUT2D eigenvalue weighted by molar-refractivity contribution is -0.161. The summed E-state index contributed by atoms with van der Waals surface area (Å²) < 4.78 is 22.1. The van der Waals surface area contributed by atoms with Gasteiger partial charge < -0.3 is 18.6 Å². The van der Waals surface area contributed by atoms with E-state index in [0.717, 1.165) is 46.0 Å². The number of nitrogens with zero attached hydrogens (tertiary/aromatic N) is 1. The molecule has 7 heteroatoms. The van der Waals surface area contributed by atoms with Crippen molar-refractivity contribution in [3.8, 4) is 17.2 Å². The summed E-state index contributed by atoms with van der Waals surface area (Å²) in [6, 6.07) is 18.4. The van der Waals surface area contributed by atoms with Crippen LogP contribution in [0, 0.1) is 5.92 Å². The van der Waals surface area contributed by atoms with Crippen LogP contribution in [0.1, 0.15) is 65.9 Å². The van der Waals surface area contributed by atoms with Crippen molar-refractivity contribution in [3.05, 3.63) is 60.2 Å². The summed E-state index contributed by atoms with van der Waals surface area (Å²) in [5.41, 5.74) is 3.85. The standard InChI is InChI=1S/C33H39NO6/c1-6-37-31(35)27(32(36)38-7-2)11-9-8-10-18-39-26-16-14-22-19-24(13-12-23(22)20-26)30-34-28-21-25(33(3,4)5)15-17-29(28)40-30/h12-17,19-21,27H,6-11,18H2,1-5H3. The number of ether oxygens (including phenoxy) is 3. The molecule has 0 bridgehead atoms. The summed E-state index contributed by atoms with van der Waals surface area (Å²) in [7, 11) is 0. The van der Waals surface area contributed by atoms with Crippen molar-refractivity contribution < 1.29 is 28.2 Å². The Morgan fingerprint density at radius 3 is 2.25 bits per heavy atom. The van der Waals surface area contributed by atoms with Gasteiger partial charge in [0, 0.05) is 5.56 Å². The van der Waals surface area contributed by atoms with Crippen molar-refractivity contribution in [2.75, 3.05) is 19.8 Å². The molecule has 4 aromatic rings. The van der Waals surface area contributed by atoms with Crippen molar-refractivity contribution in [2.45, 2.75) is 65.7 Å². The van der Waals surface area contributed by atoms with Crippen molar-refractivity contribution in [1.82, 2.24) is 4.98 Å². The van der Waals surface area contributed by atoms with Gasteiger partial charge in [-0.05, 0) is 84.8 Å². The van der Waals surface area contributed by atoms with Crippen LogP contribution in [0.25, 0.3) is 33.3 Å². The highest BCUT2D eigenvalue weighted by molar-refractivity contribution is 5.94. The molecule has 0 atom stereocenters. The Labute approximate surface area is 235 Å². The molecule has 40 heavy (non-hydrogen) atoms. The quantitative estimate of drug-likeness (QED) is 0.103. The zero-order chi connectivity index (χ0) is 28.7. The van der Waals surface area contributed by atoms with E-state index in [1.807, 2.05) is 30.3 Å². The van der Waals surface area contributed by atoms with E-state index in [4.69, 9.17) is 23.6 Å². The van der Waals surface area contributed by atoms with Crippen LogP contribution in [-0.4, -0.2) is 36.7 Å². The highest BCUT2D eigenvalue weighted by Gasteiger charge is 2.28. The number of unbranched alkanes of at least 4 members (excludes halogenated alkanes) is 2. The number of hydrogen-bond donors (Lipinski definition) is 0. The molecular formula is C33H39NO6. The van der Waals surface area contributed by atoms with E-state index in [2.05, 4.69) is 45.0 Å². The Hall–Kier alpha value is -3.87. The molecule has 0 aliphatic rings. The lowest BCUT2D eigenvalue weighted by Gasteiger charge is -2.18. The highest BCUT2D eigenvalue weighted by Crippen LogP contribution is 2.31. The second kappa shape index (κ2) is 13.0. The molecule has 4 rings (SSSR count). The molecule has 0 saturated carbocycles. The van der Waals surface area contributed by atoms with Crippen LogP contribution in [0.4, 0.5) is 0 Å². The monoisotopic (exact) mass is 545 g/mol. The van der Waals surface area contributed by atoms with Gasteiger partial charge in [-0.3, -0.25) is 9.59 Å². The Morgan fingerprint density at radius 2 is 1.55 bits per heavy atom. The number of carbonyl (C=O) groups excluding carboxylic acids is 2. The zero-order valence-electron chi connectivity index (χ0n) is 24.1. The average Bonchev–Trinajstić information content (AvgIpc) is 3.35. The molecule has 0 radical (unpaired) electrons. The first-order chi connectivity index (χ1) is 19.2. The third kappa shape index (κ3) is 7.20. The normalized spacial score (nSPS) is 11.8. The topological polar surface area (TPSA) is 87.9 Å². The van der Waals surface area contributed by atoms with E-state index < -0.39 is 17.9 Å². The molecule has 0 spiro atoms. The van der Waals surface area contributed by atoms with E-state index >= 15 is 0 Å². The van der Waals surface area contributed by atoms with Gasteiger partial charge in [-0.25, -0.2) is 4.98 Å². The fourth-order valence-electron chi connectivity index (χ4n) is 4.60. The van der Waals surface area contributed by atoms with Gasteiger partial charge >= 0.3 is 11.9 Å². The molecule has 7 nitrogen and oxygen atoms in total. The molecule has 0 amide bonds. The van der Waals surface area contributed by atoms with Crippen molar-refractivity contribution >= 4 is 33.8 Å². The number of hydrogen-bond acceptors (Lipinski definition) is 7. The number of aromatic nitrogens is 1. The molecule has 0 aliphatic heterocycles. The average molecular weight is 546 g/mol. The minimum absolute atomic E-state index is 0.0489. The molecule has 1 aromatic heterocycles. The van der Waals surface area contributed by atoms with E-state index in [1.165, 1.54) is 5.56 Å². The van der Waals surface area contributed by atoms with E-state index in [0.29, 0.717) is 25.3 Å². The molecule has 3 aromatic carbocycles. The van der Waals surface area contributed by atoms with Gasteiger partial charge in [0.1, 0.15) is 11.3 Å². The van der Waals surface area contributed by atoms with Crippen molar-refractivity contribution in [3.63, 3.8) is 0 Å². The predicted molar refractivity (Wildman–Crippen MR) is 156 cm³/mol. The molecule has 0 fully saturated rings. The van der Waals surface area contributed by atoms with Crippen LogP contribution in [0.5, 0.6) is 5.75 Å². The maximum atomic E-state index is 12.1. The first kappa shape index (κ1) is 29.1. The Kier molecular flexibility index (Phi) is 9.46. The Bertz CT molecular complexity index is 1450. The first-order valence-corrected chi connectivity index (χ1v) is 14.1. The summed E-state index contributed by atoms with van der Waals surface area (Å²) >= 11 is 0. The van der Waals surface area contributed by atoms with Gasteiger partial charge in [-0.1, -0.05) is 51.8 Å². The predicted octanol–water partition coefficient (Wildman–Crippen LogP) is 7.63. The molecule has 0 saturated heterocycles. The largest absolute Gasteiger partial charge is 0.494 e. The zero-order valence-corrected chi connectivity index (χ0v) is 24.1. The second-order valence-corrected chi connectivity index (χ2v) is 10.9. The first-order valence-electron chi connectivity index (χ1n) is 14.1. The summed E-state index contributed by atoms with van der Waals surface area (Å²) in [6.45, 7) is 11.0. The van der Waals surface area contributed by atoms with Gasteiger partial charge in [0.25, 0.3) is 0 Å². The van der Waals surface area contributed by atoms with Gasteiger partial charge in [-0.2, -0.15) is 0 Å². The van der Waals surface area contributed by atoms with Crippen LogP contribution in [-0.2, 0) is 24.5 Å². The molecule has 0 aliphatic carbocycles. The number of oxazole rings is 1. The second-order valence-electron chi connectivity index (χ2n) is 10.9. The highest BCUT2D eigenvalue weighted by atomic mass is 16.6. The van der Waals surface area contributed by atoms with E-state index in [-0.39, 0.29) is 18.6 Å². The molecule has 0 N–H and O–H groups in total. The van der Waals surface area contributed by atoms with Gasteiger partial charge in [0.15, 0.2) is 11.5 Å². The lowest BCUT2D eigenvalue weighted by Crippen LogP contribution is -2.28. The van der Waals surface area contributed by atoms with Crippen molar-refractivity contribution in [2.24, 2.45) is 5.92 Å². The molecule has 0 unspecified atom stereocenters. The summed E-state index contributed by atoms with van der Waals surface area (Å²) in [5.74, 6) is -0.476. The number of benzene rings is 3. The third-order valence-corrected chi connectivity index (χ3v) is 6.86. The smallest absolute Gasteiger partial charge is 0.320 e. The SMILES string of the molecule is CCOC(=O)C(CCCCCOc1ccc2cc(-c3nc4cc(C(C)(C)C)ccc4o3)ccc2c1)C(=O)OCC. The minimum Gasteiger partial charge on any atom is -0.494 e. The lowest BCUT2D eigenvalue weighted by atomic mass is 9.87. The Morgan fingerprint density at radius 1 is 0.850 bits per heavy atom. The van der Waals surface area contributed by atoms with Crippen LogP contribution < -0.4 is 4.74 Å². The number of esters is 2. The molecule has 1 heterocycles. The van der Waals surface area contributed by atoms with Gasteiger partial charge in [0.2, 0.25) is 5.89 Å². The fourth-order valence-corrected chi connectivity index (χ4v) is 4.60. The number of fused-ring (bicyclic) bond motifs is 2. The van der Waals surface area contributed by atoms with Crippen LogP contribution in [0.2, 0.25) is 0 Å². The maximum absolute atomic E-state index is 12.1.